The monoisotopic (exact) mass is 593 g/mol. The molecule has 43 heavy (non-hydrogen) atoms. The highest BCUT2D eigenvalue weighted by Gasteiger charge is 2.29. The van der Waals surface area contributed by atoms with Crippen LogP contribution in [-0.2, 0) is 0 Å². The number of benzene rings is 1. The first-order chi connectivity index (χ1) is 20.9. The molecule has 0 atom stereocenters. The number of hydrogen-bond acceptors (Lipinski definition) is 9. The summed E-state index contributed by atoms with van der Waals surface area (Å²) in [6, 6.07) is 6.82. The topological polar surface area (TPSA) is 195 Å². The summed E-state index contributed by atoms with van der Waals surface area (Å²) in [7, 11) is 0. The van der Waals surface area contributed by atoms with Crippen molar-refractivity contribution in [1.29, 1.82) is 10.8 Å². The Hall–Kier alpha value is -3.68. The van der Waals surface area contributed by atoms with Crippen molar-refractivity contribution in [3.63, 3.8) is 0 Å². The molecule has 5 rings (SSSR count). The fourth-order valence-electron chi connectivity index (χ4n) is 6.58. The molecule has 0 spiro atoms. The second kappa shape index (κ2) is 14.7. The lowest BCUT2D eigenvalue weighted by atomic mass is 9.89. The van der Waals surface area contributed by atoms with Crippen molar-refractivity contribution >= 4 is 23.3 Å². The maximum Gasteiger partial charge on any atom is 0.350 e. The number of nitrogens with one attached hydrogen (secondary N) is 6. The zero-order chi connectivity index (χ0) is 30.2. The van der Waals surface area contributed by atoms with Crippen molar-refractivity contribution in [3.05, 3.63) is 40.4 Å². The van der Waals surface area contributed by atoms with Crippen LogP contribution in [-0.4, -0.2) is 78.1 Å². The van der Waals surface area contributed by atoms with E-state index in [4.69, 9.17) is 27.0 Å². The standard InChI is InChI=1S/C30H47N11O2/c31-27(32)18-36-11-1-15-40(16-2-12-37-29(33)34)22-4-6-23(7-5-22)41-19-26-28(39-30(41)42)38-24-17-21(3-8-25(24)43-26)20-9-13-35-14-10-20/h3,8,17,19-20,22-23,35-36H,1-2,4-7,9-16,18H2,(H3,31,32)(H4,33,34,37)(H,38,39,42). The molecule has 1 aromatic carbocycles. The first-order valence-electron chi connectivity index (χ1n) is 15.7. The Kier molecular flexibility index (Phi) is 10.5. The number of aromatic nitrogens is 2. The number of nitrogens with zero attached hydrogens (tertiary/aromatic N) is 3. The molecule has 13 nitrogen and oxygen atoms in total. The molecule has 234 valence electrons. The summed E-state index contributed by atoms with van der Waals surface area (Å²) in [5.41, 5.74) is 12.8. The molecule has 0 amide bonds. The van der Waals surface area contributed by atoms with Gasteiger partial charge in [0.1, 0.15) is 5.84 Å². The summed E-state index contributed by atoms with van der Waals surface area (Å²) < 4.78 is 8.02. The summed E-state index contributed by atoms with van der Waals surface area (Å²) in [6.45, 7) is 5.77. The van der Waals surface area contributed by atoms with Gasteiger partial charge in [0, 0.05) is 25.2 Å². The third-order valence-electron chi connectivity index (χ3n) is 8.83. The molecule has 2 aliphatic heterocycles. The van der Waals surface area contributed by atoms with Gasteiger partial charge in [0.15, 0.2) is 23.3 Å². The number of nitrogens with two attached hydrogens (primary N) is 2. The first-order valence-corrected chi connectivity index (χ1v) is 15.7. The number of hydrogen-bond donors (Lipinski definition) is 8. The molecule has 3 aliphatic rings. The fraction of sp³-hybridized carbons (Fsp3) is 0.600. The van der Waals surface area contributed by atoms with Crippen molar-refractivity contribution in [1.82, 2.24) is 30.4 Å². The zero-order valence-corrected chi connectivity index (χ0v) is 25.0. The average Bonchev–Trinajstić information content (AvgIpc) is 3.00. The SMILES string of the molecule is N=C(N)CNCCCN(CCCNC(=N)N)C1CCC(n2cc3c(nc2=O)Nc2cc(C4CCNCC4)ccc2O3)CC1. The minimum atomic E-state index is -0.250. The molecule has 0 unspecified atom stereocenters. The summed E-state index contributed by atoms with van der Waals surface area (Å²) in [6.07, 6.45) is 9.65. The molecule has 1 saturated heterocycles. The third kappa shape index (κ3) is 8.24. The molecular formula is C30H47N11O2. The van der Waals surface area contributed by atoms with E-state index in [0.29, 0.717) is 36.6 Å². The van der Waals surface area contributed by atoms with Gasteiger partial charge in [-0.25, -0.2) is 4.79 Å². The van der Waals surface area contributed by atoms with Gasteiger partial charge >= 0.3 is 5.69 Å². The van der Waals surface area contributed by atoms with Gasteiger partial charge in [0.05, 0.1) is 18.4 Å². The lowest BCUT2D eigenvalue weighted by molar-refractivity contribution is 0.133. The van der Waals surface area contributed by atoms with Crippen molar-refractivity contribution in [2.45, 2.75) is 69.4 Å². The van der Waals surface area contributed by atoms with E-state index in [9.17, 15) is 4.79 Å². The van der Waals surface area contributed by atoms with E-state index in [1.807, 2.05) is 12.3 Å². The van der Waals surface area contributed by atoms with Gasteiger partial charge in [-0.3, -0.25) is 15.4 Å². The summed E-state index contributed by atoms with van der Waals surface area (Å²) >= 11 is 0. The normalized spacial score (nSPS) is 20.0. The van der Waals surface area contributed by atoms with Gasteiger partial charge in [-0.15, -0.1) is 0 Å². The lowest BCUT2D eigenvalue weighted by Gasteiger charge is -2.37. The van der Waals surface area contributed by atoms with Crippen LogP contribution < -0.4 is 43.2 Å². The smallest absolute Gasteiger partial charge is 0.350 e. The highest BCUT2D eigenvalue weighted by molar-refractivity contribution is 5.78. The minimum absolute atomic E-state index is 0.00535. The number of ether oxygens (including phenoxy) is 1. The molecule has 0 bridgehead atoms. The van der Waals surface area contributed by atoms with Crippen LogP contribution in [0.2, 0.25) is 0 Å². The van der Waals surface area contributed by atoms with Crippen LogP contribution in [0.15, 0.2) is 29.2 Å². The van der Waals surface area contributed by atoms with E-state index in [-0.39, 0.29) is 23.5 Å². The highest BCUT2D eigenvalue weighted by atomic mass is 16.5. The molecule has 10 N–H and O–H groups in total. The van der Waals surface area contributed by atoms with E-state index >= 15 is 0 Å². The van der Waals surface area contributed by atoms with E-state index in [1.165, 1.54) is 5.56 Å². The number of amidine groups is 1. The van der Waals surface area contributed by atoms with Gasteiger partial charge in [0.2, 0.25) is 0 Å². The van der Waals surface area contributed by atoms with Gasteiger partial charge in [-0.1, -0.05) is 6.07 Å². The molecule has 1 aromatic heterocycles. The Morgan fingerprint density at radius 2 is 1.79 bits per heavy atom. The summed E-state index contributed by atoms with van der Waals surface area (Å²) in [5, 5.41) is 27.7. The second-order valence-corrected chi connectivity index (χ2v) is 11.9. The predicted octanol–water partition coefficient (Wildman–Crippen LogP) is 2.13. The summed E-state index contributed by atoms with van der Waals surface area (Å²) in [4.78, 5) is 20.1. The van der Waals surface area contributed by atoms with E-state index in [1.54, 1.807) is 4.57 Å². The Labute approximate surface area is 253 Å². The average molecular weight is 594 g/mol. The van der Waals surface area contributed by atoms with Crippen molar-refractivity contribution in [3.8, 4) is 11.5 Å². The molecule has 3 heterocycles. The first kappa shape index (κ1) is 30.8. The van der Waals surface area contributed by atoms with Crippen LogP contribution >= 0.6 is 0 Å². The third-order valence-corrected chi connectivity index (χ3v) is 8.83. The maximum atomic E-state index is 13.2. The van der Waals surface area contributed by atoms with Crippen molar-refractivity contribution in [2.24, 2.45) is 11.5 Å². The fourth-order valence-corrected chi connectivity index (χ4v) is 6.58. The quantitative estimate of drug-likeness (QED) is 0.0826. The Morgan fingerprint density at radius 3 is 2.51 bits per heavy atom. The summed E-state index contributed by atoms with van der Waals surface area (Å²) in [5.74, 6) is 2.49. The van der Waals surface area contributed by atoms with Gasteiger partial charge in [-0.05, 0) is 101 Å². The predicted molar refractivity (Wildman–Crippen MR) is 170 cm³/mol. The van der Waals surface area contributed by atoms with Crippen LogP contribution in [0.4, 0.5) is 11.5 Å². The number of rotatable bonds is 13. The highest BCUT2D eigenvalue weighted by Crippen LogP contribution is 2.43. The number of piperidine rings is 1. The minimum Gasteiger partial charge on any atom is -0.450 e. The van der Waals surface area contributed by atoms with Crippen molar-refractivity contribution < 1.29 is 4.74 Å². The molecule has 13 heteroatoms. The molecule has 0 radical (unpaired) electrons. The second-order valence-electron chi connectivity index (χ2n) is 11.9. The Bertz CT molecular complexity index is 1320. The van der Waals surface area contributed by atoms with Gasteiger partial charge in [-0.2, -0.15) is 4.98 Å². The Balaban J connectivity index is 1.19. The Morgan fingerprint density at radius 1 is 1.05 bits per heavy atom. The van der Waals surface area contributed by atoms with Crippen LogP contribution in [0.5, 0.6) is 11.5 Å². The van der Waals surface area contributed by atoms with Crippen molar-refractivity contribution in [2.75, 3.05) is 51.1 Å². The molecular weight excluding hydrogens is 546 g/mol. The van der Waals surface area contributed by atoms with Gasteiger partial charge < -0.3 is 42.4 Å². The van der Waals surface area contributed by atoms with Gasteiger partial charge in [0.25, 0.3) is 0 Å². The number of guanidine groups is 1. The molecule has 2 fully saturated rings. The zero-order valence-electron chi connectivity index (χ0n) is 25.0. The number of anilines is 2. The van der Waals surface area contributed by atoms with Crippen LogP contribution in [0, 0.1) is 10.8 Å². The molecule has 1 saturated carbocycles. The van der Waals surface area contributed by atoms with E-state index in [2.05, 4.69) is 43.3 Å². The van der Waals surface area contributed by atoms with Crippen LogP contribution in [0.1, 0.15) is 68.9 Å². The van der Waals surface area contributed by atoms with Crippen LogP contribution in [0.3, 0.4) is 0 Å². The van der Waals surface area contributed by atoms with E-state index in [0.717, 1.165) is 95.5 Å². The largest absolute Gasteiger partial charge is 0.450 e. The molecule has 1 aliphatic carbocycles. The lowest BCUT2D eigenvalue weighted by Crippen LogP contribution is -2.42. The van der Waals surface area contributed by atoms with E-state index < -0.39 is 0 Å². The molecule has 2 aromatic rings. The van der Waals surface area contributed by atoms with Crippen LogP contribution in [0.25, 0.3) is 0 Å². The maximum absolute atomic E-state index is 13.2. The number of fused-ring (bicyclic) bond motifs is 2.